The van der Waals surface area contributed by atoms with E-state index in [4.69, 9.17) is 11.6 Å². The lowest BCUT2D eigenvalue weighted by Crippen LogP contribution is -2.14. The molecule has 0 unspecified atom stereocenters. The third-order valence-electron chi connectivity index (χ3n) is 2.76. The predicted molar refractivity (Wildman–Crippen MR) is 88.6 cm³/mol. The second-order valence-electron chi connectivity index (χ2n) is 4.34. The SMILES string of the molecule is COC(=O)c1cccc(NC(=O)CSc2ccccc2Cl)c1. The maximum absolute atomic E-state index is 12.0. The molecule has 0 aliphatic rings. The van der Waals surface area contributed by atoms with Crippen molar-refractivity contribution in [3.8, 4) is 0 Å². The first-order valence-corrected chi connectivity index (χ1v) is 7.82. The van der Waals surface area contributed by atoms with Crippen molar-refractivity contribution in [2.24, 2.45) is 0 Å². The van der Waals surface area contributed by atoms with Crippen LogP contribution >= 0.6 is 23.4 Å². The first-order valence-electron chi connectivity index (χ1n) is 6.45. The lowest BCUT2D eigenvalue weighted by atomic mass is 10.2. The summed E-state index contributed by atoms with van der Waals surface area (Å²) < 4.78 is 4.64. The van der Waals surface area contributed by atoms with Gasteiger partial charge in [-0.15, -0.1) is 11.8 Å². The number of ether oxygens (including phenoxy) is 1. The van der Waals surface area contributed by atoms with Crippen molar-refractivity contribution in [1.29, 1.82) is 0 Å². The van der Waals surface area contributed by atoms with E-state index < -0.39 is 5.97 Å². The van der Waals surface area contributed by atoms with E-state index in [-0.39, 0.29) is 11.7 Å². The van der Waals surface area contributed by atoms with Crippen LogP contribution in [0.25, 0.3) is 0 Å². The number of benzene rings is 2. The summed E-state index contributed by atoms with van der Waals surface area (Å²) in [6.07, 6.45) is 0. The minimum atomic E-state index is -0.443. The van der Waals surface area contributed by atoms with E-state index in [1.807, 2.05) is 18.2 Å². The molecule has 0 aliphatic heterocycles. The van der Waals surface area contributed by atoms with Crippen molar-refractivity contribution in [3.63, 3.8) is 0 Å². The molecule has 0 fully saturated rings. The van der Waals surface area contributed by atoms with Gasteiger partial charge in [0.25, 0.3) is 0 Å². The zero-order valence-corrected chi connectivity index (χ0v) is 13.4. The van der Waals surface area contributed by atoms with Crippen LogP contribution in [0.2, 0.25) is 5.02 Å². The molecule has 0 saturated carbocycles. The smallest absolute Gasteiger partial charge is 0.337 e. The molecule has 2 aromatic rings. The Morgan fingerprint density at radius 1 is 1.18 bits per heavy atom. The summed E-state index contributed by atoms with van der Waals surface area (Å²) in [5.41, 5.74) is 0.937. The number of methoxy groups -OCH3 is 1. The van der Waals surface area contributed by atoms with Crippen LogP contribution in [0, 0.1) is 0 Å². The number of thioether (sulfide) groups is 1. The molecule has 0 heterocycles. The molecule has 1 amide bonds. The summed E-state index contributed by atoms with van der Waals surface area (Å²) in [7, 11) is 1.31. The third-order valence-corrected chi connectivity index (χ3v) is 4.28. The van der Waals surface area contributed by atoms with E-state index in [9.17, 15) is 9.59 Å². The molecule has 0 radical (unpaired) electrons. The summed E-state index contributed by atoms with van der Waals surface area (Å²) >= 11 is 7.39. The quantitative estimate of drug-likeness (QED) is 0.666. The number of hydrogen-bond acceptors (Lipinski definition) is 4. The molecule has 4 nitrogen and oxygen atoms in total. The molecule has 6 heteroatoms. The molecule has 0 atom stereocenters. The number of nitrogens with one attached hydrogen (secondary N) is 1. The van der Waals surface area contributed by atoms with E-state index in [1.54, 1.807) is 30.3 Å². The maximum Gasteiger partial charge on any atom is 0.337 e. The second kappa shape index (κ2) is 7.87. The molecule has 1 N–H and O–H groups in total. The largest absolute Gasteiger partial charge is 0.465 e. The van der Waals surface area contributed by atoms with Crippen molar-refractivity contribution in [2.75, 3.05) is 18.2 Å². The van der Waals surface area contributed by atoms with Crippen molar-refractivity contribution in [2.45, 2.75) is 4.90 Å². The Hall–Kier alpha value is -1.98. The van der Waals surface area contributed by atoms with Gasteiger partial charge < -0.3 is 10.1 Å². The fourth-order valence-electron chi connectivity index (χ4n) is 1.74. The number of carbonyl (C=O) groups excluding carboxylic acids is 2. The zero-order valence-electron chi connectivity index (χ0n) is 11.8. The van der Waals surface area contributed by atoms with E-state index in [0.29, 0.717) is 16.3 Å². The minimum absolute atomic E-state index is 0.174. The van der Waals surface area contributed by atoms with Gasteiger partial charge in [0.1, 0.15) is 0 Å². The summed E-state index contributed by atoms with van der Waals surface area (Å²) in [5, 5.41) is 3.36. The number of amides is 1. The molecule has 114 valence electrons. The van der Waals surface area contributed by atoms with Crippen LogP contribution in [-0.2, 0) is 9.53 Å². The Labute approximate surface area is 137 Å². The number of carbonyl (C=O) groups is 2. The number of anilines is 1. The van der Waals surface area contributed by atoms with Gasteiger partial charge in [0, 0.05) is 10.6 Å². The van der Waals surface area contributed by atoms with Crippen molar-refractivity contribution in [3.05, 3.63) is 59.1 Å². The van der Waals surface area contributed by atoms with Gasteiger partial charge in [0.2, 0.25) is 5.91 Å². The van der Waals surface area contributed by atoms with Crippen LogP contribution in [0.5, 0.6) is 0 Å². The third kappa shape index (κ3) is 4.51. The molecular formula is C16H14ClNO3S. The molecule has 0 bridgehead atoms. The van der Waals surface area contributed by atoms with Crippen molar-refractivity contribution in [1.82, 2.24) is 0 Å². The highest BCUT2D eigenvalue weighted by atomic mass is 35.5. The van der Waals surface area contributed by atoms with Crippen LogP contribution in [-0.4, -0.2) is 24.7 Å². The van der Waals surface area contributed by atoms with Crippen LogP contribution < -0.4 is 5.32 Å². The average molecular weight is 336 g/mol. The molecule has 22 heavy (non-hydrogen) atoms. The van der Waals surface area contributed by atoms with Gasteiger partial charge in [-0.25, -0.2) is 4.79 Å². The second-order valence-corrected chi connectivity index (χ2v) is 5.76. The molecule has 0 aliphatic carbocycles. The number of rotatable bonds is 5. The standard InChI is InChI=1S/C16H14ClNO3S/c1-21-16(20)11-5-4-6-12(9-11)18-15(19)10-22-14-8-3-2-7-13(14)17/h2-9H,10H2,1H3,(H,18,19). The lowest BCUT2D eigenvalue weighted by Gasteiger charge is -2.07. The Bertz CT molecular complexity index is 691. The Balaban J connectivity index is 1.95. The first-order chi connectivity index (χ1) is 10.6. The van der Waals surface area contributed by atoms with Crippen LogP contribution in [0.15, 0.2) is 53.4 Å². The van der Waals surface area contributed by atoms with Gasteiger partial charge in [-0.2, -0.15) is 0 Å². The fourth-order valence-corrected chi connectivity index (χ4v) is 2.78. The van der Waals surface area contributed by atoms with Crippen molar-refractivity contribution >= 4 is 40.9 Å². The van der Waals surface area contributed by atoms with Gasteiger partial charge in [-0.05, 0) is 30.3 Å². The Morgan fingerprint density at radius 2 is 1.95 bits per heavy atom. The van der Waals surface area contributed by atoms with Gasteiger partial charge in [-0.3, -0.25) is 4.79 Å². The Morgan fingerprint density at radius 3 is 2.68 bits per heavy atom. The maximum atomic E-state index is 12.0. The number of halogens is 1. The molecule has 0 aromatic heterocycles. The minimum Gasteiger partial charge on any atom is -0.465 e. The van der Waals surface area contributed by atoms with E-state index in [1.165, 1.54) is 18.9 Å². The highest BCUT2D eigenvalue weighted by molar-refractivity contribution is 8.00. The predicted octanol–water partition coefficient (Wildman–Crippen LogP) is 3.86. The van der Waals surface area contributed by atoms with Crippen LogP contribution in [0.4, 0.5) is 5.69 Å². The van der Waals surface area contributed by atoms with Gasteiger partial charge >= 0.3 is 5.97 Å². The van der Waals surface area contributed by atoms with Gasteiger partial charge in [0.05, 0.1) is 23.4 Å². The summed E-state index contributed by atoms with van der Waals surface area (Å²) in [4.78, 5) is 24.3. The topological polar surface area (TPSA) is 55.4 Å². The lowest BCUT2D eigenvalue weighted by molar-refractivity contribution is -0.113. The molecular weight excluding hydrogens is 322 g/mol. The molecule has 2 rings (SSSR count). The van der Waals surface area contributed by atoms with Crippen LogP contribution in [0.3, 0.4) is 0 Å². The van der Waals surface area contributed by atoms with Crippen LogP contribution in [0.1, 0.15) is 10.4 Å². The summed E-state index contributed by atoms with van der Waals surface area (Å²) in [6.45, 7) is 0. The molecule has 0 saturated heterocycles. The van der Waals surface area contributed by atoms with E-state index in [0.717, 1.165) is 4.90 Å². The zero-order chi connectivity index (χ0) is 15.9. The molecule has 0 spiro atoms. The Kier molecular flexibility index (Phi) is 5.86. The molecule has 2 aromatic carbocycles. The number of hydrogen-bond donors (Lipinski definition) is 1. The highest BCUT2D eigenvalue weighted by Gasteiger charge is 2.09. The van der Waals surface area contributed by atoms with Gasteiger partial charge in [0.15, 0.2) is 0 Å². The average Bonchev–Trinajstić information content (AvgIpc) is 2.53. The number of esters is 1. The summed E-state index contributed by atoms with van der Waals surface area (Å²) in [6, 6.07) is 13.9. The van der Waals surface area contributed by atoms with Gasteiger partial charge in [-0.1, -0.05) is 29.8 Å². The highest BCUT2D eigenvalue weighted by Crippen LogP contribution is 2.26. The first kappa shape index (κ1) is 16.4. The van der Waals surface area contributed by atoms with E-state index in [2.05, 4.69) is 10.1 Å². The van der Waals surface area contributed by atoms with Crippen molar-refractivity contribution < 1.29 is 14.3 Å². The fraction of sp³-hybridized carbons (Fsp3) is 0.125. The summed E-state index contributed by atoms with van der Waals surface area (Å²) in [5.74, 6) is -0.389. The normalized spacial score (nSPS) is 10.1. The monoisotopic (exact) mass is 335 g/mol. The van der Waals surface area contributed by atoms with E-state index >= 15 is 0 Å².